The van der Waals surface area contributed by atoms with Crippen molar-refractivity contribution in [3.8, 4) is 11.1 Å². The molecular weight excluding hydrogens is 250 g/mol. The lowest BCUT2D eigenvalue weighted by Crippen LogP contribution is -1.96. The number of pyridine rings is 1. The minimum Gasteiger partial charge on any atom is -0.392 e. The van der Waals surface area contributed by atoms with E-state index in [1.807, 2.05) is 6.07 Å². The molecule has 0 amide bonds. The Morgan fingerprint density at radius 1 is 1.11 bits per heavy atom. The number of sulfone groups is 1. The lowest BCUT2D eigenvalue weighted by Gasteiger charge is -2.04. The summed E-state index contributed by atoms with van der Waals surface area (Å²) in [6.07, 6.45) is 4.44. The van der Waals surface area contributed by atoms with Crippen LogP contribution < -0.4 is 0 Å². The second kappa shape index (κ2) is 4.88. The number of aliphatic hydroxyl groups excluding tert-OH is 1. The van der Waals surface area contributed by atoms with Crippen LogP contribution in [0.1, 0.15) is 5.56 Å². The molecule has 1 aromatic heterocycles. The average molecular weight is 263 g/mol. The number of benzene rings is 1. The number of rotatable bonds is 3. The summed E-state index contributed by atoms with van der Waals surface area (Å²) in [7, 11) is -3.17. The predicted octanol–water partition coefficient (Wildman–Crippen LogP) is 1.64. The van der Waals surface area contributed by atoms with Crippen LogP contribution in [0.15, 0.2) is 47.6 Å². The van der Waals surface area contributed by atoms with Crippen LogP contribution in [0.5, 0.6) is 0 Å². The second-order valence-electron chi connectivity index (χ2n) is 4.04. The molecule has 0 aliphatic heterocycles. The molecule has 1 aromatic carbocycles. The molecule has 1 heterocycles. The zero-order valence-electron chi connectivity index (χ0n) is 9.87. The van der Waals surface area contributed by atoms with E-state index in [4.69, 9.17) is 5.11 Å². The normalized spacial score (nSPS) is 11.4. The molecule has 0 bridgehead atoms. The minimum atomic E-state index is -3.17. The average Bonchev–Trinajstić information content (AvgIpc) is 2.38. The van der Waals surface area contributed by atoms with E-state index in [2.05, 4.69) is 4.98 Å². The van der Waals surface area contributed by atoms with E-state index in [0.717, 1.165) is 16.7 Å². The second-order valence-corrected chi connectivity index (χ2v) is 6.05. The molecule has 5 heteroatoms. The van der Waals surface area contributed by atoms with E-state index < -0.39 is 9.84 Å². The summed E-state index contributed by atoms with van der Waals surface area (Å²) >= 11 is 0. The highest BCUT2D eigenvalue weighted by Gasteiger charge is 2.07. The highest BCUT2D eigenvalue weighted by atomic mass is 32.2. The van der Waals surface area contributed by atoms with Crippen LogP contribution >= 0.6 is 0 Å². The molecule has 0 aliphatic rings. The summed E-state index contributed by atoms with van der Waals surface area (Å²) in [4.78, 5) is 4.31. The van der Waals surface area contributed by atoms with Gasteiger partial charge in [0.25, 0.3) is 0 Å². The lowest BCUT2D eigenvalue weighted by molar-refractivity contribution is 0.281. The number of aliphatic hydroxyl groups is 1. The molecule has 0 aliphatic carbocycles. The Kier molecular flexibility index (Phi) is 3.45. The van der Waals surface area contributed by atoms with Gasteiger partial charge in [-0.05, 0) is 29.3 Å². The van der Waals surface area contributed by atoms with Gasteiger partial charge in [-0.1, -0.05) is 12.1 Å². The zero-order valence-corrected chi connectivity index (χ0v) is 10.7. The SMILES string of the molecule is CS(=O)(=O)c1ccc(-c2cncc(CO)c2)cc1. The Morgan fingerprint density at radius 3 is 2.33 bits per heavy atom. The monoisotopic (exact) mass is 263 g/mol. The van der Waals surface area contributed by atoms with Gasteiger partial charge in [-0.2, -0.15) is 0 Å². The van der Waals surface area contributed by atoms with Crippen LogP contribution in [0.2, 0.25) is 0 Å². The topological polar surface area (TPSA) is 67.3 Å². The van der Waals surface area contributed by atoms with Crippen LogP contribution in [0.25, 0.3) is 11.1 Å². The van der Waals surface area contributed by atoms with Crippen molar-refractivity contribution in [2.24, 2.45) is 0 Å². The highest BCUT2D eigenvalue weighted by molar-refractivity contribution is 7.90. The van der Waals surface area contributed by atoms with Gasteiger partial charge in [-0.25, -0.2) is 8.42 Å². The van der Waals surface area contributed by atoms with E-state index in [1.54, 1.807) is 36.7 Å². The Labute approximate surface area is 106 Å². The van der Waals surface area contributed by atoms with Gasteiger partial charge < -0.3 is 5.11 Å². The van der Waals surface area contributed by atoms with E-state index in [9.17, 15) is 8.42 Å². The van der Waals surface area contributed by atoms with Crippen LogP contribution in [0.4, 0.5) is 0 Å². The summed E-state index contributed by atoms with van der Waals surface area (Å²) < 4.78 is 22.7. The fourth-order valence-electron chi connectivity index (χ4n) is 1.63. The van der Waals surface area contributed by atoms with Gasteiger partial charge in [0.05, 0.1) is 11.5 Å². The van der Waals surface area contributed by atoms with Gasteiger partial charge in [0, 0.05) is 24.2 Å². The lowest BCUT2D eigenvalue weighted by atomic mass is 10.1. The smallest absolute Gasteiger partial charge is 0.175 e. The quantitative estimate of drug-likeness (QED) is 0.914. The largest absolute Gasteiger partial charge is 0.392 e. The van der Waals surface area contributed by atoms with Gasteiger partial charge in [-0.3, -0.25) is 4.98 Å². The molecule has 0 fully saturated rings. The molecule has 0 atom stereocenters. The molecule has 0 saturated carbocycles. The molecule has 2 rings (SSSR count). The van der Waals surface area contributed by atoms with Crippen molar-refractivity contribution in [2.75, 3.05) is 6.26 Å². The van der Waals surface area contributed by atoms with Crippen molar-refractivity contribution in [1.82, 2.24) is 4.98 Å². The van der Waals surface area contributed by atoms with Crippen LogP contribution in [0.3, 0.4) is 0 Å². The van der Waals surface area contributed by atoms with Crippen molar-refractivity contribution in [1.29, 1.82) is 0 Å². The first-order valence-electron chi connectivity index (χ1n) is 5.36. The Hall–Kier alpha value is -1.72. The van der Waals surface area contributed by atoms with Gasteiger partial charge in [0.2, 0.25) is 0 Å². The van der Waals surface area contributed by atoms with Crippen molar-refractivity contribution >= 4 is 9.84 Å². The van der Waals surface area contributed by atoms with Crippen LogP contribution in [0, 0.1) is 0 Å². The third-order valence-corrected chi connectivity index (χ3v) is 3.72. The summed E-state index contributed by atoms with van der Waals surface area (Å²) in [6.45, 7) is -0.0672. The van der Waals surface area contributed by atoms with E-state index in [0.29, 0.717) is 0 Å². The fraction of sp³-hybridized carbons (Fsp3) is 0.154. The van der Waals surface area contributed by atoms with Gasteiger partial charge in [0.15, 0.2) is 9.84 Å². The third-order valence-electron chi connectivity index (χ3n) is 2.59. The fourth-order valence-corrected chi connectivity index (χ4v) is 2.26. The number of hydrogen-bond acceptors (Lipinski definition) is 4. The van der Waals surface area contributed by atoms with Crippen molar-refractivity contribution in [3.05, 3.63) is 48.3 Å². The van der Waals surface area contributed by atoms with E-state index in [-0.39, 0.29) is 11.5 Å². The Balaban J connectivity index is 2.40. The molecule has 4 nitrogen and oxygen atoms in total. The molecule has 18 heavy (non-hydrogen) atoms. The molecular formula is C13H13NO3S. The molecule has 1 N–H and O–H groups in total. The minimum absolute atomic E-state index is 0.0672. The highest BCUT2D eigenvalue weighted by Crippen LogP contribution is 2.21. The van der Waals surface area contributed by atoms with Crippen molar-refractivity contribution < 1.29 is 13.5 Å². The van der Waals surface area contributed by atoms with Crippen LogP contribution in [-0.4, -0.2) is 24.8 Å². The standard InChI is InChI=1S/C13H13NO3S/c1-18(16,17)13-4-2-11(3-5-13)12-6-10(9-15)7-14-8-12/h2-8,15H,9H2,1H3. The zero-order chi connectivity index (χ0) is 13.2. The molecule has 0 spiro atoms. The predicted molar refractivity (Wildman–Crippen MR) is 68.7 cm³/mol. The maximum absolute atomic E-state index is 11.3. The first kappa shape index (κ1) is 12.7. The number of aromatic nitrogens is 1. The maximum Gasteiger partial charge on any atom is 0.175 e. The molecule has 0 radical (unpaired) electrons. The molecule has 0 saturated heterocycles. The Bertz CT molecular complexity index is 648. The first-order valence-corrected chi connectivity index (χ1v) is 7.25. The summed E-state index contributed by atoms with van der Waals surface area (Å²) in [5.74, 6) is 0. The third kappa shape index (κ3) is 2.75. The Morgan fingerprint density at radius 2 is 1.78 bits per heavy atom. The van der Waals surface area contributed by atoms with Crippen molar-refractivity contribution in [2.45, 2.75) is 11.5 Å². The van der Waals surface area contributed by atoms with Crippen molar-refractivity contribution in [3.63, 3.8) is 0 Å². The maximum atomic E-state index is 11.3. The summed E-state index contributed by atoms with van der Waals surface area (Å²) in [5, 5.41) is 9.04. The number of hydrogen-bond donors (Lipinski definition) is 1. The van der Waals surface area contributed by atoms with Gasteiger partial charge in [0.1, 0.15) is 0 Å². The van der Waals surface area contributed by atoms with Gasteiger partial charge >= 0.3 is 0 Å². The molecule has 0 unspecified atom stereocenters. The molecule has 94 valence electrons. The van der Waals surface area contributed by atoms with E-state index in [1.165, 1.54) is 6.26 Å². The van der Waals surface area contributed by atoms with Crippen LogP contribution in [-0.2, 0) is 16.4 Å². The summed E-state index contributed by atoms with van der Waals surface area (Å²) in [5.41, 5.74) is 2.44. The van der Waals surface area contributed by atoms with Gasteiger partial charge in [-0.15, -0.1) is 0 Å². The molecule has 2 aromatic rings. The summed E-state index contributed by atoms with van der Waals surface area (Å²) in [6, 6.07) is 8.41. The first-order chi connectivity index (χ1) is 8.50. The number of nitrogens with zero attached hydrogens (tertiary/aromatic N) is 1. The van der Waals surface area contributed by atoms with E-state index >= 15 is 0 Å².